The van der Waals surface area contributed by atoms with Crippen LogP contribution in [0.5, 0.6) is 0 Å². The number of fused-ring (bicyclic) bond motifs is 2. The van der Waals surface area contributed by atoms with Crippen LogP contribution in [-0.4, -0.2) is 54.0 Å². The Labute approximate surface area is 223 Å². The van der Waals surface area contributed by atoms with Crippen molar-refractivity contribution in [3.05, 3.63) is 44.5 Å². The fourth-order valence-electron chi connectivity index (χ4n) is 4.46. The number of nitriles is 1. The molecule has 1 unspecified atom stereocenters. The van der Waals surface area contributed by atoms with Crippen molar-refractivity contribution < 1.29 is 14.2 Å². The number of benzene rings is 2. The number of hydrogen-bond donors (Lipinski definition) is 2. The fraction of sp³-hybridized carbons (Fsp3) is 0.292. The Hall–Kier alpha value is -2.30. The second kappa shape index (κ2) is 9.29. The third kappa shape index (κ3) is 4.29. The van der Waals surface area contributed by atoms with Gasteiger partial charge in [0.2, 0.25) is 5.28 Å². The fourth-order valence-corrected chi connectivity index (χ4v) is 6.50. The lowest BCUT2D eigenvalue weighted by molar-refractivity contribution is -0.0123. The summed E-state index contributed by atoms with van der Waals surface area (Å²) in [5.41, 5.74) is 0.432. The van der Waals surface area contributed by atoms with Crippen LogP contribution in [0.25, 0.3) is 32.1 Å². The average Bonchev–Trinajstić information content (AvgIpc) is 3.09. The quantitative estimate of drug-likeness (QED) is 0.233. The van der Waals surface area contributed by atoms with Gasteiger partial charge in [0.1, 0.15) is 28.0 Å². The van der Waals surface area contributed by atoms with Crippen molar-refractivity contribution in [3.8, 4) is 17.2 Å². The van der Waals surface area contributed by atoms with E-state index < -0.39 is 11.4 Å². The van der Waals surface area contributed by atoms with E-state index in [0.29, 0.717) is 50.0 Å². The highest BCUT2D eigenvalue weighted by Gasteiger charge is 2.30. The minimum Gasteiger partial charge on any atom is -0.386 e. The van der Waals surface area contributed by atoms with Crippen molar-refractivity contribution in [3.63, 3.8) is 0 Å². The Kier molecular flexibility index (Phi) is 6.48. The maximum atomic E-state index is 16.3. The van der Waals surface area contributed by atoms with Gasteiger partial charge in [-0.3, -0.25) is 0 Å². The highest BCUT2D eigenvalue weighted by atomic mass is 127. The molecule has 1 saturated heterocycles. The molecule has 7 nitrogen and oxygen atoms in total. The summed E-state index contributed by atoms with van der Waals surface area (Å²) in [6.45, 7) is 2.98. The van der Waals surface area contributed by atoms with Crippen LogP contribution in [-0.2, 0) is 4.74 Å². The van der Waals surface area contributed by atoms with Gasteiger partial charge < -0.3 is 20.1 Å². The first-order chi connectivity index (χ1) is 16.7. The van der Waals surface area contributed by atoms with Crippen LogP contribution in [0.1, 0.15) is 12.5 Å². The first-order valence-corrected chi connectivity index (χ1v) is 13.1. The van der Waals surface area contributed by atoms with Crippen molar-refractivity contribution in [2.45, 2.75) is 12.5 Å². The number of ether oxygens (including phenoxy) is 1. The molecule has 2 aromatic carbocycles. The highest BCUT2D eigenvalue weighted by Crippen LogP contribution is 2.44. The van der Waals surface area contributed by atoms with E-state index in [2.05, 4.69) is 43.9 Å². The lowest BCUT2D eigenvalue weighted by atomic mass is 9.97. The molecule has 1 aliphatic rings. The molecule has 0 aliphatic carbocycles. The summed E-state index contributed by atoms with van der Waals surface area (Å²) in [4.78, 5) is 10.5. The van der Waals surface area contributed by atoms with E-state index in [4.69, 9.17) is 16.3 Å². The summed E-state index contributed by atoms with van der Waals surface area (Å²) in [5.74, 6) is -0.0954. The summed E-state index contributed by atoms with van der Waals surface area (Å²) in [6, 6.07) is 9.68. The molecule has 180 valence electrons. The maximum Gasteiger partial charge on any atom is 0.225 e. The highest BCUT2D eigenvalue weighted by molar-refractivity contribution is 14.1. The third-order valence-corrected chi connectivity index (χ3v) is 8.10. The second-order valence-corrected chi connectivity index (χ2v) is 11.1. The van der Waals surface area contributed by atoms with E-state index in [0.717, 1.165) is 9.70 Å². The molecule has 1 aliphatic heterocycles. The van der Waals surface area contributed by atoms with Gasteiger partial charge in [0.15, 0.2) is 5.82 Å². The summed E-state index contributed by atoms with van der Waals surface area (Å²) < 4.78 is 23.3. The van der Waals surface area contributed by atoms with E-state index in [1.165, 1.54) is 11.3 Å². The molecule has 3 heterocycles. The number of hydrogen-bond acceptors (Lipinski definition) is 8. The smallest absolute Gasteiger partial charge is 0.225 e. The number of nitrogens with zero attached hydrogens (tertiary/aromatic N) is 4. The summed E-state index contributed by atoms with van der Waals surface area (Å²) in [6.07, 6.45) is 0. The molecule has 4 aromatic rings. The lowest BCUT2D eigenvalue weighted by Crippen LogP contribution is -2.42. The average molecular weight is 624 g/mol. The molecule has 0 saturated carbocycles. The second-order valence-electron chi connectivity index (χ2n) is 8.58. The summed E-state index contributed by atoms with van der Waals surface area (Å²) in [7, 11) is 1.76. The zero-order valence-electron chi connectivity index (χ0n) is 18.8. The van der Waals surface area contributed by atoms with E-state index in [9.17, 15) is 10.4 Å². The Morgan fingerprint density at radius 3 is 2.94 bits per heavy atom. The van der Waals surface area contributed by atoms with Crippen LogP contribution in [0.4, 0.5) is 15.2 Å². The molecular formula is C24H20ClFIN5O2S. The van der Waals surface area contributed by atoms with Crippen LogP contribution in [0.3, 0.4) is 0 Å². The van der Waals surface area contributed by atoms with E-state index in [1.54, 1.807) is 14.0 Å². The zero-order chi connectivity index (χ0) is 24.9. The molecule has 35 heavy (non-hydrogen) atoms. The number of aromatic nitrogens is 2. The van der Waals surface area contributed by atoms with Crippen molar-refractivity contribution in [1.82, 2.24) is 9.97 Å². The number of nitrogens with one attached hydrogen (secondary N) is 1. The monoisotopic (exact) mass is 623 g/mol. The molecule has 0 amide bonds. The number of halogens is 3. The van der Waals surface area contributed by atoms with Crippen molar-refractivity contribution in [2.24, 2.45) is 0 Å². The third-order valence-electron chi connectivity index (χ3n) is 5.91. The Morgan fingerprint density at radius 2 is 2.20 bits per heavy atom. The van der Waals surface area contributed by atoms with Crippen LogP contribution in [0, 0.1) is 20.7 Å². The first-order valence-electron chi connectivity index (χ1n) is 10.8. The van der Waals surface area contributed by atoms with E-state index in [-0.39, 0.29) is 24.0 Å². The van der Waals surface area contributed by atoms with Gasteiger partial charge in [0.25, 0.3) is 0 Å². The van der Waals surface area contributed by atoms with Gasteiger partial charge in [-0.1, -0.05) is 12.1 Å². The number of anilines is 2. The Balaban J connectivity index is 1.77. The van der Waals surface area contributed by atoms with E-state index >= 15 is 4.39 Å². The predicted octanol–water partition coefficient (Wildman–Crippen LogP) is 5.41. The minimum atomic E-state index is -1.10. The SMILES string of the molecule is CNc1sc2cccc(-c3c(I)cc4c(N5CCOCC(C)(O)C5)nc(Cl)nc4c3F)c2c1C#N. The molecule has 1 atom stereocenters. The number of thiophene rings is 1. The molecule has 0 radical (unpaired) electrons. The summed E-state index contributed by atoms with van der Waals surface area (Å²) >= 11 is 9.82. The van der Waals surface area contributed by atoms with Crippen LogP contribution >= 0.6 is 45.5 Å². The van der Waals surface area contributed by atoms with Gasteiger partial charge >= 0.3 is 0 Å². The predicted molar refractivity (Wildman–Crippen MR) is 146 cm³/mol. The van der Waals surface area contributed by atoms with Gasteiger partial charge in [0.05, 0.1) is 25.3 Å². The molecule has 1 fully saturated rings. The van der Waals surface area contributed by atoms with Crippen LogP contribution in [0.15, 0.2) is 24.3 Å². The van der Waals surface area contributed by atoms with Gasteiger partial charge in [-0.05, 0) is 58.8 Å². The molecule has 11 heteroatoms. The van der Waals surface area contributed by atoms with Crippen molar-refractivity contribution >= 4 is 77.3 Å². The Morgan fingerprint density at radius 1 is 1.40 bits per heavy atom. The number of β-amino-alcohol motifs (C(OH)–C–C–N with tert-alkyl or cyclic N) is 1. The Bertz CT molecular complexity index is 1520. The molecular weight excluding hydrogens is 604 g/mol. The normalized spacial score (nSPS) is 18.6. The van der Waals surface area contributed by atoms with Crippen molar-refractivity contribution in [2.75, 3.05) is 43.6 Å². The minimum absolute atomic E-state index is 0.0832. The number of aliphatic hydroxyl groups is 1. The molecule has 0 bridgehead atoms. The molecule has 0 spiro atoms. The van der Waals surface area contributed by atoms with Crippen molar-refractivity contribution in [1.29, 1.82) is 5.26 Å². The van der Waals surface area contributed by atoms with Gasteiger partial charge in [0, 0.05) is 38.2 Å². The van der Waals surface area contributed by atoms with Crippen LogP contribution in [0.2, 0.25) is 5.28 Å². The topological polar surface area (TPSA) is 94.3 Å². The van der Waals surface area contributed by atoms with Gasteiger partial charge in [-0.15, -0.1) is 11.3 Å². The van der Waals surface area contributed by atoms with E-state index in [1.807, 2.05) is 29.2 Å². The first kappa shape index (κ1) is 24.4. The standard InChI is InChI=1S/C24H20ClFIN5O2S/c1-24(33)10-32(6-7-34-11-24)21-13-8-15(27)18(19(26)20(13)30-23(25)31-21)12-4-3-5-16-17(12)14(9-28)22(29-2)35-16/h3-5,8,29,33H,6-7,10-11H2,1-2H3. The summed E-state index contributed by atoms with van der Waals surface area (Å²) in [5, 5.41) is 25.4. The van der Waals surface area contributed by atoms with Gasteiger partial charge in [-0.25, -0.2) is 9.37 Å². The van der Waals surface area contributed by atoms with Crippen LogP contribution < -0.4 is 10.2 Å². The lowest BCUT2D eigenvalue weighted by Gasteiger charge is -2.29. The van der Waals surface area contributed by atoms with Gasteiger partial charge in [-0.2, -0.15) is 10.2 Å². The maximum absolute atomic E-state index is 16.3. The zero-order valence-corrected chi connectivity index (χ0v) is 22.6. The largest absolute Gasteiger partial charge is 0.386 e. The number of rotatable bonds is 3. The molecule has 5 rings (SSSR count). The molecule has 2 N–H and O–H groups in total. The molecule has 2 aromatic heterocycles.